The molecule has 42 heavy (non-hydrogen) atoms. The number of pyridine rings is 1. The molecule has 1 aromatic rings. The van der Waals surface area contributed by atoms with Crippen molar-refractivity contribution in [3.8, 4) is 0 Å². The number of amides is 3. The Morgan fingerprint density at radius 3 is 1.81 bits per heavy atom. The molecule has 1 heterocycles. The summed E-state index contributed by atoms with van der Waals surface area (Å²) in [4.78, 5) is 37.4. The standard InChI is InChI=1S/C33H57N3O5.HI/c1-4-6-7-8-9-10-11-12-13-14-15-16-20-25-34-32(38)40-27-22-17-18-23-28-41-33(39)36(30(3)37)29-31-24-19-21-26-35(31)5-2;/h19,21,24,26H,4-18,20,22-23,25,27-29H2,1-3H3;1H. The Bertz CT molecular complexity index is 840. The van der Waals surface area contributed by atoms with Gasteiger partial charge >= 0.3 is 12.2 Å². The van der Waals surface area contributed by atoms with Crippen LogP contribution in [0.1, 0.15) is 136 Å². The van der Waals surface area contributed by atoms with Crippen molar-refractivity contribution in [2.45, 2.75) is 143 Å². The van der Waals surface area contributed by atoms with Crippen LogP contribution in [0.3, 0.4) is 0 Å². The fraction of sp³-hybridized carbons (Fsp3) is 0.758. The molecule has 9 heteroatoms. The van der Waals surface area contributed by atoms with E-state index in [1.807, 2.05) is 35.9 Å². The maximum atomic E-state index is 12.5. The van der Waals surface area contributed by atoms with Crippen molar-refractivity contribution in [2.24, 2.45) is 0 Å². The molecule has 0 aromatic carbocycles. The second kappa shape index (κ2) is 27.9. The van der Waals surface area contributed by atoms with Crippen LogP contribution < -0.4 is 33.9 Å². The van der Waals surface area contributed by atoms with Gasteiger partial charge in [-0.2, -0.15) is 0 Å². The normalized spacial score (nSPS) is 10.5. The van der Waals surface area contributed by atoms with Crippen molar-refractivity contribution in [1.29, 1.82) is 0 Å². The summed E-state index contributed by atoms with van der Waals surface area (Å²) in [6.45, 7) is 7.89. The Morgan fingerprint density at radius 2 is 1.26 bits per heavy atom. The number of hydrogen-bond donors (Lipinski definition) is 1. The molecular formula is C33H58IN3O5. The highest BCUT2D eigenvalue weighted by Gasteiger charge is 2.23. The monoisotopic (exact) mass is 703 g/mol. The largest absolute Gasteiger partial charge is 1.00 e. The third-order valence-corrected chi connectivity index (χ3v) is 7.34. The number of ether oxygens (including phenoxy) is 2. The molecule has 1 rings (SSSR count). The SMILES string of the molecule is CCCCCCCCCCCCCCCNC(=O)OCCCCCCOC(=O)N(Cc1cccc[n+]1CC)C(C)=O.[I-]. The number of aromatic nitrogens is 1. The van der Waals surface area contributed by atoms with Crippen LogP contribution in [-0.4, -0.2) is 42.8 Å². The van der Waals surface area contributed by atoms with Gasteiger partial charge in [-0.15, -0.1) is 0 Å². The van der Waals surface area contributed by atoms with Crippen molar-refractivity contribution in [3.05, 3.63) is 30.1 Å². The predicted octanol–water partition coefficient (Wildman–Crippen LogP) is 4.86. The number of imide groups is 1. The molecule has 0 aliphatic rings. The van der Waals surface area contributed by atoms with E-state index in [4.69, 9.17) is 9.47 Å². The van der Waals surface area contributed by atoms with Gasteiger partial charge in [-0.25, -0.2) is 19.1 Å². The molecule has 1 N–H and O–H groups in total. The number of nitrogens with one attached hydrogen (secondary N) is 1. The van der Waals surface area contributed by atoms with Gasteiger partial charge in [-0.05, 0) is 39.0 Å². The fourth-order valence-corrected chi connectivity index (χ4v) is 4.77. The average Bonchev–Trinajstić information content (AvgIpc) is 2.97. The lowest BCUT2D eigenvalue weighted by Crippen LogP contribution is -3.00. The number of carbonyl (C=O) groups is 3. The summed E-state index contributed by atoms with van der Waals surface area (Å²) in [5, 5.41) is 2.84. The van der Waals surface area contributed by atoms with E-state index in [1.54, 1.807) is 0 Å². The first-order valence-electron chi connectivity index (χ1n) is 16.3. The highest BCUT2D eigenvalue weighted by molar-refractivity contribution is 5.90. The van der Waals surface area contributed by atoms with E-state index < -0.39 is 6.09 Å². The molecule has 0 spiro atoms. The van der Waals surface area contributed by atoms with Crippen LogP contribution in [0.15, 0.2) is 24.4 Å². The van der Waals surface area contributed by atoms with E-state index in [2.05, 4.69) is 12.2 Å². The number of alkyl carbamates (subject to hydrolysis) is 1. The zero-order chi connectivity index (χ0) is 30.0. The van der Waals surface area contributed by atoms with Crippen LogP contribution in [0.4, 0.5) is 9.59 Å². The molecule has 1 aromatic heterocycles. The molecule has 0 saturated heterocycles. The molecule has 0 aliphatic carbocycles. The van der Waals surface area contributed by atoms with Crippen LogP contribution in [0.5, 0.6) is 0 Å². The molecule has 0 saturated carbocycles. The number of halogens is 1. The Kier molecular flexibility index (Phi) is 26.6. The third kappa shape index (κ3) is 20.9. The Morgan fingerprint density at radius 1 is 0.738 bits per heavy atom. The number of rotatable bonds is 24. The lowest BCUT2D eigenvalue weighted by atomic mass is 10.0. The minimum absolute atomic E-state index is 0. The second-order valence-electron chi connectivity index (χ2n) is 10.9. The Hall–Kier alpha value is -1.91. The van der Waals surface area contributed by atoms with Gasteiger partial charge < -0.3 is 38.8 Å². The van der Waals surface area contributed by atoms with E-state index in [0.717, 1.165) is 49.2 Å². The van der Waals surface area contributed by atoms with Gasteiger partial charge in [0.05, 0.1) is 13.2 Å². The third-order valence-electron chi connectivity index (χ3n) is 7.34. The Balaban J connectivity index is 0.0000168. The van der Waals surface area contributed by atoms with Crippen LogP contribution in [0, 0.1) is 0 Å². The molecule has 242 valence electrons. The zero-order valence-corrected chi connectivity index (χ0v) is 28.8. The first-order chi connectivity index (χ1) is 20.0. The first kappa shape index (κ1) is 40.1. The summed E-state index contributed by atoms with van der Waals surface area (Å²) < 4.78 is 12.6. The Labute approximate surface area is 272 Å². The number of unbranched alkanes of at least 4 members (excludes halogenated alkanes) is 15. The van der Waals surface area contributed by atoms with Crippen LogP contribution in [0.25, 0.3) is 0 Å². The van der Waals surface area contributed by atoms with Gasteiger partial charge in [0.15, 0.2) is 6.20 Å². The van der Waals surface area contributed by atoms with Crippen molar-refractivity contribution < 1.29 is 52.4 Å². The quantitative estimate of drug-likeness (QED) is 0.0945. The molecule has 0 bridgehead atoms. The average molecular weight is 704 g/mol. The summed E-state index contributed by atoms with van der Waals surface area (Å²) in [5.74, 6) is -0.342. The lowest BCUT2D eigenvalue weighted by molar-refractivity contribution is -0.701. The summed E-state index contributed by atoms with van der Waals surface area (Å²) in [7, 11) is 0. The van der Waals surface area contributed by atoms with Gasteiger partial charge in [-0.1, -0.05) is 90.0 Å². The molecule has 3 amide bonds. The summed E-state index contributed by atoms with van der Waals surface area (Å²) in [6.07, 6.45) is 21.2. The van der Waals surface area contributed by atoms with Crippen LogP contribution in [-0.2, 0) is 27.4 Å². The van der Waals surface area contributed by atoms with Gasteiger partial charge in [0, 0.05) is 25.6 Å². The maximum absolute atomic E-state index is 12.5. The minimum Gasteiger partial charge on any atom is -1.00 e. The van der Waals surface area contributed by atoms with E-state index in [-0.39, 0.29) is 49.1 Å². The highest BCUT2D eigenvalue weighted by Crippen LogP contribution is 2.12. The molecule has 0 unspecified atom stereocenters. The van der Waals surface area contributed by atoms with Crippen LogP contribution >= 0.6 is 0 Å². The fourth-order valence-electron chi connectivity index (χ4n) is 4.77. The topological polar surface area (TPSA) is 88.8 Å². The van der Waals surface area contributed by atoms with E-state index >= 15 is 0 Å². The van der Waals surface area contributed by atoms with Gasteiger partial charge in [0.25, 0.3) is 0 Å². The predicted molar refractivity (Wildman–Crippen MR) is 163 cm³/mol. The molecule has 0 fully saturated rings. The van der Waals surface area contributed by atoms with Crippen molar-refractivity contribution >= 4 is 18.1 Å². The van der Waals surface area contributed by atoms with E-state index in [9.17, 15) is 14.4 Å². The maximum Gasteiger partial charge on any atom is 0.417 e. The number of aryl methyl sites for hydroxylation is 1. The number of hydrogen-bond acceptors (Lipinski definition) is 5. The van der Waals surface area contributed by atoms with Gasteiger partial charge in [0.1, 0.15) is 13.1 Å². The number of nitrogens with zero attached hydrogens (tertiary/aromatic N) is 2. The molecule has 0 atom stereocenters. The molecule has 8 nitrogen and oxygen atoms in total. The summed E-state index contributed by atoms with van der Waals surface area (Å²) >= 11 is 0. The van der Waals surface area contributed by atoms with Gasteiger partial charge in [0.2, 0.25) is 11.6 Å². The molecular weight excluding hydrogens is 645 g/mol. The van der Waals surface area contributed by atoms with Crippen LogP contribution in [0.2, 0.25) is 0 Å². The number of carbonyl (C=O) groups excluding carboxylic acids is 3. The van der Waals surface area contributed by atoms with E-state index in [0.29, 0.717) is 19.6 Å². The van der Waals surface area contributed by atoms with E-state index in [1.165, 1.54) is 77.6 Å². The lowest BCUT2D eigenvalue weighted by Gasteiger charge is -2.17. The first-order valence-corrected chi connectivity index (χ1v) is 16.3. The van der Waals surface area contributed by atoms with Crippen molar-refractivity contribution in [3.63, 3.8) is 0 Å². The molecule has 0 aliphatic heterocycles. The smallest absolute Gasteiger partial charge is 0.417 e. The summed E-state index contributed by atoms with van der Waals surface area (Å²) in [6, 6.07) is 5.70. The van der Waals surface area contributed by atoms with Crippen molar-refractivity contribution in [1.82, 2.24) is 10.2 Å². The minimum atomic E-state index is -0.618. The summed E-state index contributed by atoms with van der Waals surface area (Å²) in [5.41, 5.74) is 0.871. The zero-order valence-electron chi connectivity index (χ0n) is 26.7. The second-order valence-corrected chi connectivity index (χ2v) is 10.9. The van der Waals surface area contributed by atoms with Gasteiger partial charge in [-0.3, -0.25) is 4.79 Å². The molecule has 0 radical (unpaired) electrons. The highest BCUT2D eigenvalue weighted by atomic mass is 127. The van der Waals surface area contributed by atoms with Crippen molar-refractivity contribution in [2.75, 3.05) is 19.8 Å².